The Kier molecular flexibility index (Phi) is 7.15. The Morgan fingerprint density at radius 3 is 2.47 bits per heavy atom. The normalized spacial score (nSPS) is 16.8. The van der Waals surface area contributed by atoms with Crippen LogP contribution >= 0.6 is 0 Å². The Balaban J connectivity index is 1.82. The van der Waals surface area contributed by atoms with E-state index < -0.39 is 23.7 Å². The van der Waals surface area contributed by atoms with Crippen LogP contribution in [-0.4, -0.2) is 41.5 Å². The highest BCUT2D eigenvalue weighted by molar-refractivity contribution is 6.51. The Bertz CT molecular complexity index is 1330. The van der Waals surface area contributed by atoms with Crippen LogP contribution in [0.4, 0.5) is 5.69 Å². The van der Waals surface area contributed by atoms with Gasteiger partial charge in [-0.05, 0) is 73.0 Å². The van der Waals surface area contributed by atoms with Gasteiger partial charge in [-0.3, -0.25) is 19.5 Å². The van der Waals surface area contributed by atoms with E-state index in [1.165, 1.54) is 12.0 Å². The zero-order chi connectivity index (χ0) is 25.8. The van der Waals surface area contributed by atoms with Crippen molar-refractivity contribution in [2.45, 2.75) is 26.3 Å². The SMILES string of the molecule is CCCOC(=O)c1ccc(N2C(=O)C(=O)/C(=C(\O)c3ccc(OC)cc3C)C2c2cccnc2)cc1. The van der Waals surface area contributed by atoms with E-state index in [1.807, 2.05) is 6.92 Å². The average Bonchev–Trinajstić information content (AvgIpc) is 3.17. The van der Waals surface area contributed by atoms with Gasteiger partial charge in [0, 0.05) is 23.6 Å². The molecule has 2 heterocycles. The standard InChI is InChI=1S/C28H26N2O6/c1-4-14-36-28(34)18-7-9-20(10-8-18)30-24(19-6-5-13-29-16-19)23(26(32)27(30)33)25(31)22-12-11-21(35-3)15-17(22)2/h5-13,15-16,24,31H,4,14H2,1-3H3/b25-23-. The maximum atomic E-state index is 13.3. The zero-order valence-electron chi connectivity index (χ0n) is 20.2. The smallest absolute Gasteiger partial charge is 0.338 e. The predicted octanol–water partition coefficient (Wildman–Crippen LogP) is 4.59. The summed E-state index contributed by atoms with van der Waals surface area (Å²) in [7, 11) is 1.54. The van der Waals surface area contributed by atoms with E-state index >= 15 is 0 Å². The van der Waals surface area contributed by atoms with Crippen molar-refractivity contribution in [2.75, 3.05) is 18.6 Å². The van der Waals surface area contributed by atoms with Gasteiger partial charge in [0.25, 0.3) is 11.7 Å². The molecule has 2 aromatic carbocycles. The van der Waals surface area contributed by atoms with Crippen molar-refractivity contribution in [3.05, 3.63) is 94.8 Å². The molecule has 0 aliphatic carbocycles. The summed E-state index contributed by atoms with van der Waals surface area (Å²) in [6, 6.07) is 13.8. The van der Waals surface area contributed by atoms with Gasteiger partial charge in [-0.25, -0.2) is 4.79 Å². The molecule has 1 N–H and O–H groups in total. The number of amides is 1. The monoisotopic (exact) mass is 486 g/mol. The fourth-order valence-corrected chi connectivity index (χ4v) is 4.16. The first-order valence-corrected chi connectivity index (χ1v) is 11.5. The molecular formula is C28H26N2O6. The Hall–Kier alpha value is -4.46. The number of anilines is 1. The van der Waals surface area contributed by atoms with E-state index in [0.717, 1.165) is 0 Å². The molecular weight excluding hydrogens is 460 g/mol. The van der Waals surface area contributed by atoms with Gasteiger partial charge in [0.2, 0.25) is 0 Å². The second-order valence-corrected chi connectivity index (χ2v) is 8.32. The van der Waals surface area contributed by atoms with Crippen LogP contribution in [0.5, 0.6) is 5.75 Å². The van der Waals surface area contributed by atoms with Gasteiger partial charge >= 0.3 is 5.97 Å². The summed E-state index contributed by atoms with van der Waals surface area (Å²) in [6.07, 6.45) is 3.83. The topological polar surface area (TPSA) is 106 Å². The number of aliphatic hydroxyl groups is 1. The maximum absolute atomic E-state index is 13.3. The summed E-state index contributed by atoms with van der Waals surface area (Å²) in [5, 5.41) is 11.3. The van der Waals surface area contributed by atoms with Crippen LogP contribution in [0.2, 0.25) is 0 Å². The Morgan fingerprint density at radius 2 is 1.86 bits per heavy atom. The number of carbonyl (C=O) groups excluding carboxylic acids is 3. The number of rotatable bonds is 7. The molecule has 1 aliphatic rings. The number of hydrogen-bond donors (Lipinski definition) is 1. The fraction of sp³-hybridized carbons (Fsp3) is 0.214. The van der Waals surface area contributed by atoms with Crippen LogP contribution in [0.25, 0.3) is 5.76 Å². The molecule has 1 atom stereocenters. The molecule has 184 valence electrons. The predicted molar refractivity (Wildman–Crippen MR) is 134 cm³/mol. The fourth-order valence-electron chi connectivity index (χ4n) is 4.16. The van der Waals surface area contributed by atoms with Crippen molar-refractivity contribution in [1.29, 1.82) is 0 Å². The molecule has 0 bridgehead atoms. The molecule has 1 unspecified atom stereocenters. The molecule has 1 amide bonds. The van der Waals surface area contributed by atoms with Crippen molar-refractivity contribution < 1.29 is 29.0 Å². The number of carbonyl (C=O) groups is 3. The van der Waals surface area contributed by atoms with Crippen molar-refractivity contribution in [3.8, 4) is 5.75 Å². The van der Waals surface area contributed by atoms with E-state index in [0.29, 0.717) is 46.7 Å². The van der Waals surface area contributed by atoms with Gasteiger partial charge in [-0.15, -0.1) is 0 Å². The molecule has 8 heteroatoms. The minimum atomic E-state index is -0.918. The number of Topliss-reactive ketones (excluding diaryl/α,β-unsaturated/α-hetero) is 1. The highest BCUT2D eigenvalue weighted by atomic mass is 16.5. The highest BCUT2D eigenvalue weighted by Gasteiger charge is 2.47. The number of ether oxygens (including phenoxy) is 2. The lowest BCUT2D eigenvalue weighted by Gasteiger charge is -2.25. The first-order valence-electron chi connectivity index (χ1n) is 11.5. The Labute approximate surface area is 208 Å². The molecule has 1 saturated heterocycles. The van der Waals surface area contributed by atoms with Gasteiger partial charge < -0.3 is 14.6 Å². The minimum Gasteiger partial charge on any atom is -0.507 e. The number of aliphatic hydroxyl groups excluding tert-OH is 1. The number of methoxy groups -OCH3 is 1. The third kappa shape index (κ3) is 4.57. The second-order valence-electron chi connectivity index (χ2n) is 8.32. The van der Waals surface area contributed by atoms with Gasteiger partial charge in [0.1, 0.15) is 11.5 Å². The Morgan fingerprint density at radius 1 is 1.11 bits per heavy atom. The summed E-state index contributed by atoms with van der Waals surface area (Å²) >= 11 is 0. The molecule has 3 aromatic rings. The van der Waals surface area contributed by atoms with Crippen LogP contribution < -0.4 is 9.64 Å². The number of esters is 1. The van der Waals surface area contributed by atoms with E-state index in [1.54, 1.807) is 73.9 Å². The van der Waals surface area contributed by atoms with E-state index in [4.69, 9.17) is 9.47 Å². The lowest BCUT2D eigenvalue weighted by atomic mass is 9.94. The third-order valence-electron chi connectivity index (χ3n) is 5.95. The first-order chi connectivity index (χ1) is 17.4. The molecule has 0 saturated carbocycles. The van der Waals surface area contributed by atoms with Crippen molar-refractivity contribution in [2.24, 2.45) is 0 Å². The van der Waals surface area contributed by atoms with Gasteiger partial charge in [0.15, 0.2) is 0 Å². The van der Waals surface area contributed by atoms with Crippen LogP contribution in [0, 0.1) is 6.92 Å². The molecule has 1 aromatic heterocycles. The molecule has 0 radical (unpaired) electrons. The molecule has 1 fully saturated rings. The summed E-state index contributed by atoms with van der Waals surface area (Å²) in [4.78, 5) is 44.2. The number of hydrogen-bond acceptors (Lipinski definition) is 7. The maximum Gasteiger partial charge on any atom is 0.338 e. The zero-order valence-corrected chi connectivity index (χ0v) is 20.2. The van der Waals surface area contributed by atoms with Crippen molar-refractivity contribution in [1.82, 2.24) is 4.98 Å². The van der Waals surface area contributed by atoms with Gasteiger partial charge in [-0.2, -0.15) is 0 Å². The number of benzene rings is 2. The number of aryl methyl sites for hydroxylation is 1. The summed E-state index contributed by atoms with van der Waals surface area (Å²) in [5.74, 6) is -1.76. The van der Waals surface area contributed by atoms with E-state index in [2.05, 4.69) is 4.98 Å². The lowest BCUT2D eigenvalue weighted by Crippen LogP contribution is -2.29. The summed E-state index contributed by atoms with van der Waals surface area (Å²) in [6.45, 7) is 3.99. The van der Waals surface area contributed by atoms with Gasteiger partial charge in [-0.1, -0.05) is 13.0 Å². The highest BCUT2D eigenvalue weighted by Crippen LogP contribution is 2.42. The van der Waals surface area contributed by atoms with E-state index in [-0.39, 0.29) is 11.3 Å². The average molecular weight is 487 g/mol. The van der Waals surface area contributed by atoms with Crippen molar-refractivity contribution in [3.63, 3.8) is 0 Å². The number of aromatic nitrogens is 1. The first kappa shape index (κ1) is 24.7. The molecule has 4 rings (SSSR count). The number of ketones is 1. The van der Waals surface area contributed by atoms with Crippen molar-refractivity contribution >= 4 is 29.1 Å². The van der Waals surface area contributed by atoms with Crippen LogP contribution in [0.1, 0.15) is 46.4 Å². The van der Waals surface area contributed by atoms with Crippen LogP contribution in [-0.2, 0) is 14.3 Å². The summed E-state index contributed by atoms with van der Waals surface area (Å²) < 4.78 is 10.4. The molecule has 8 nitrogen and oxygen atoms in total. The third-order valence-corrected chi connectivity index (χ3v) is 5.95. The van der Waals surface area contributed by atoms with Gasteiger partial charge in [0.05, 0.1) is 30.9 Å². The molecule has 0 spiro atoms. The lowest BCUT2D eigenvalue weighted by molar-refractivity contribution is -0.132. The number of pyridine rings is 1. The van der Waals surface area contributed by atoms with E-state index in [9.17, 15) is 19.5 Å². The minimum absolute atomic E-state index is 0.0484. The molecule has 1 aliphatic heterocycles. The number of nitrogens with zero attached hydrogens (tertiary/aromatic N) is 2. The second kappa shape index (κ2) is 10.4. The quantitative estimate of drug-likeness (QED) is 0.225. The van der Waals surface area contributed by atoms with Crippen LogP contribution in [0.3, 0.4) is 0 Å². The molecule has 36 heavy (non-hydrogen) atoms. The van der Waals surface area contributed by atoms with Crippen LogP contribution in [0.15, 0.2) is 72.6 Å². The largest absolute Gasteiger partial charge is 0.507 e. The summed E-state index contributed by atoms with van der Waals surface area (Å²) in [5.41, 5.74) is 2.32.